The molecule has 0 bridgehead atoms. The Kier molecular flexibility index (Phi) is 10.3. The van der Waals surface area contributed by atoms with E-state index in [2.05, 4.69) is 46.5 Å². The second kappa shape index (κ2) is 11.6. The number of guanidine groups is 1. The van der Waals surface area contributed by atoms with E-state index in [1.54, 1.807) is 0 Å². The van der Waals surface area contributed by atoms with E-state index in [9.17, 15) is 0 Å². The second-order valence-electron chi connectivity index (χ2n) is 7.28. The molecule has 0 radical (unpaired) electrons. The highest BCUT2D eigenvalue weighted by Gasteiger charge is 2.21. The van der Waals surface area contributed by atoms with Crippen LogP contribution >= 0.6 is 24.0 Å². The number of hydrogen-bond acceptors (Lipinski definition) is 3. The topological polar surface area (TPSA) is 48.9 Å². The maximum Gasteiger partial charge on any atom is 0.191 e. The summed E-state index contributed by atoms with van der Waals surface area (Å²) in [4.78, 5) is 6.90. The van der Waals surface area contributed by atoms with Crippen molar-refractivity contribution in [1.29, 1.82) is 0 Å². The van der Waals surface area contributed by atoms with Gasteiger partial charge in [-0.2, -0.15) is 0 Å². The molecule has 0 atom stereocenters. The summed E-state index contributed by atoms with van der Waals surface area (Å²) >= 11 is 0. The summed E-state index contributed by atoms with van der Waals surface area (Å²) < 4.78 is 5.68. The van der Waals surface area contributed by atoms with Gasteiger partial charge in [0.05, 0.1) is 6.10 Å². The van der Waals surface area contributed by atoms with E-state index >= 15 is 0 Å². The molecular weight excluding hydrogens is 439 g/mol. The zero-order valence-corrected chi connectivity index (χ0v) is 19.1. The fraction of sp³-hybridized carbons (Fsp3) is 0.650. The van der Waals surface area contributed by atoms with E-state index in [1.807, 2.05) is 33.0 Å². The van der Waals surface area contributed by atoms with Gasteiger partial charge in [0.15, 0.2) is 5.96 Å². The third-order valence-corrected chi connectivity index (χ3v) is 4.58. The fourth-order valence-corrected chi connectivity index (χ4v) is 3.09. The lowest BCUT2D eigenvalue weighted by molar-refractivity contribution is 0.167. The molecule has 5 nitrogen and oxygen atoms in total. The van der Waals surface area contributed by atoms with Gasteiger partial charge in [-0.05, 0) is 58.2 Å². The van der Waals surface area contributed by atoms with Gasteiger partial charge in [0, 0.05) is 38.8 Å². The molecule has 1 heterocycles. The molecule has 0 amide bonds. The Balaban J connectivity index is 0.00000338. The van der Waals surface area contributed by atoms with Gasteiger partial charge in [0.1, 0.15) is 5.75 Å². The normalized spacial score (nSPS) is 16.5. The lowest BCUT2D eigenvalue weighted by atomic mass is 10.0. The Hall–Kier alpha value is -1.02. The van der Waals surface area contributed by atoms with Crippen molar-refractivity contribution >= 4 is 29.9 Å². The largest absolute Gasteiger partial charge is 0.491 e. The molecule has 1 aliphatic heterocycles. The first-order valence-electron chi connectivity index (χ1n) is 9.44. The lowest BCUT2D eigenvalue weighted by Crippen LogP contribution is -2.49. The van der Waals surface area contributed by atoms with E-state index in [1.165, 1.54) is 18.4 Å². The molecule has 1 fully saturated rings. The van der Waals surface area contributed by atoms with Crippen molar-refractivity contribution in [3.8, 4) is 5.75 Å². The van der Waals surface area contributed by atoms with Crippen LogP contribution in [0.25, 0.3) is 0 Å². The van der Waals surface area contributed by atoms with Gasteiger partial charge < -0.3 is 20.3 Å². The molecule has 0 unspecified atom stereocenters. The number of nitrogens with zero attached hydrogens (tertiary/aromatic N) is 2. The van der Waals surface area contributed by atoms with Crippen molar-refractivity contribution in [2.45, 2.75) is 65.3 Å². The number of rotatable bonds is 6. The van der Waals surface area contributed by atoms with Crippen molar-refractivity contribution in [2.75, 3.05) is 20.1 Å². The highest BCUT2D eigenvalue weighted by atomic mass is 127. The highest BCUT2D eigenvalue weighted by molar-refractivity contribution is 14.0. The number of benzene rings is 1. The third-order valence-electron chi connectivity index (χ3n) is 4.58. The minimum atomic E-state index is 0. The first kappa shape index (κ1) is 23.0. The zero-order valence-electron chi connectivity index (χ0n) is 16.8. The van der Waals surface area contributed by atoms with E-state index < -0.39 is 0 Å². The van der Waals surface area contributed by atoms with Crippen LogP contribution in [-0.4, -0.2) is 49.2 Å². The molecule has 1 saturated heterocycles. The Labute approximate surface area is 176 Å². The summed E-state index contributed by atoms with van der Waals surface area (Å²) in [5.41, 5.74) is 1.22. The molecule has 6 heteroatoms. The number of piperidine rings is 1. The van der Waals surface area contributed by atoms with Crippen molar-refractivity contribution in [3.05, 3.63) is 29.8 Å². The maximum absolute atomic E-state index is 5.68. The molecular formula is C20H35IN4O. The quantitative estimate of drug-likeness (QED) is 0.376. The van der Waals surface area contributed by atoms with E-state index in [0.717, 1.165) is 31.3 Å². The summed E-state index contributed by atoms with van der Waals surface area (Å²) in [5.74, 6) is 1.80. The van der Waals surface area contributed by atoms with Crippen molar-refractivity contribution in [1.82, 2.24) is 15.5 Å². The maximum atomic E-state index is 5.68. The molecule has 148 valence electrons. The van der Waals surface area contributed by atoms with Crippen LogP contribution < -0.4 is 15.4 Å². The Morgan fingerprint density at radius 3 is 2.27 bits per heavy atom. The molecule has 1 aliphatic rings. The smallest absolute Gasteiger partial charge is 0.191 e. The fourth-order valence-electron chi connectivity index (χ4n) is 3.09. The van der Waals surface area contributed by atoms with Crippen LogP contribution in [0.2, 0.25) is 0 Å². The average Bonchev–Trinajstić information content (AvgIpc) is 2.59. The number of likely N-dealkylation sites (tertiary alicyclic amines) is 1. The van der Waals surface area contributed by atoms with E-state index in [4.69, 9.17) is 4.74 Å². The van der Waals surface area contributed by atoms with Gasteiger partial charge in [-0.25, -0.2) is 0 Å². The van der Waals surface area contributed by atoms with E-state index in [0.29, 0.717) is 12.1 Å². The summed E-state index contributed by atoms with van der Waals surface area (Å²) in [5, 5.41) is 6.97. The van der Waals surface area contributed by atoms with Crippen LogP contribution in [0.4, 0.5) is 0 Å². The Bertz CT molecular complexity index is 537. The van der Waals surface area contributed by atoms with Crippen LogP contribution in [-0.2, 0) is 6.54 Å². The molecule has 0 aromatic heterocycles. The number of hydrogen-bond donors (Lipinski definition) is 2. The highest BCUT2D eigenvalue weighted by Crippen LogP contribution is 2.14. The molecule has 2 N–H and O–H groups in total. The SMILES string of the molecule is CN=C(NCc1ccc(OC(C)C)cc1)NC1CCN(C(C)C)CC1.I. The molecule has 1 aromatic rings. The standard InChI is InChI=1S/C20H34N4O.HI/c1-15(2)24-12-10-18(11-13-24)23-20(21-5)22-14-17-6-8-19(9-7-17)25-16(3)4;/h6-9,15-16,18H,10-14H2,1-5H3,(H2,21,22,23);1H. The minimum absolute atomic E-state index is 0. The number of nitrogens with one attached hydrogen (secondary N) is 2. The first-order chi connectivity index (χ1) is 12.0. The van der Waals surface area contributed by atoms with Gasteiger partial charge in [-0.1, -0.05) is 12.1 Å². The Morgan fingerprint density at radius 2 is 1.77 bits per heavy atom. The molecule has 0 spiro atoms. The van der Waals surface area contributed by atoms with Gasteiger partial charge in [-0.3, -0.25) is 4.99 Å². The minimum Gasteiger partial charge on any atom is -0.491 e. The Morgan fingerprint density at radius 1 is 1.15 bits per heavy atom. The summed E-state index contributed by atoms with van der Waals surface area (Å²) in [7, 11) is 1.83. The van der Waals surface area contributed by atoms with Crippen LogP contribution in [0.1, 0.15) is 46.1 Å². The van der Waals surface area contributed by atoms with Crippen LogP contribution in [0.3, 0.4) is 0 Å². The van der Waals surface area contributed by atoms with E-state index in [-0.39, 0.29) is 30.1 Å². The van der Waals surface area contributed by atoms with Crippen LogP contribution in [0.5, 0.6) is 5.75 Å². The number of ether oxygens (including phenoxy) is 1. The molecule has 0 aliphatic carbocycles. The first-order valence-corrected chi connectivity index (χ1v) is 9.44. The van der Waals surface area contributed by atoms with Crippen molar-refractivity contribution < 1.29 is 4.74 Å². The van der Waals surface area contributed by atoms with Crippen molar-refractivity contribution in [3.63, 3.8) is 0 Å². The third kappa shape index (κ3) is 7.70. The van der Waals surface area contributed by atoms with Gasteiger partial charge >= 0.3 is 0 Å². The van der Waals surface area contributed by atoms with Gasteiger partial charge in [0.25, 0.3) is 0 Å². The number of halogens is 1. The predicted molar refractivity (Wildman–Crippen MR) is 121 cm³/mol. The van der Waals surface area contributed by atoms with Crippen LogP contribution in [0, 0.1) is 0 Å². The lowest BCUT2D eigenvalue weighted by Gasteiger charge is -2.35. The zero-order chi connectivity index (χ0) is 18.2. The predicted octanol–water partition coefficient (Wildman–Crippen LogP) is 3.63. The van der Waals surface area contributed by atoms with Gasteiger partial charge in [-0.15, -0.1) is 24.0 Å². The monoisotopic (exact) mass is 474 g/mol. The summed E-state index contributed by atoms with van der Waals surface area (Å²) in [6.07, 6.45) is 2.54. The molecule has 1 aromatic carbocycles. The number of aliphatic imine (C=N–C) groups is 1. The molecule has 2 rings (SSSR count). The molecule has 0 saturated carbocycles. The summed E-state index contributed by atoms with van der Waals surface area (Å²) in [6, 6.07) is 9.38. The average molecular weight is 474 g/mol. The second-order valence-corrected chi connectivity index (χ2v) is 7.28. The summed E-state index contributed by atoms with van der Waals surface area (Å²) in [6.45, 7) is 11.7. The van der Waals surface area contributed by atoms with Gasteiger partial charge in [0.2, 0.25) is 0 Å². The molecule has 26 heavy (non-hydrogen) atoms. The van der Waals surface area contributed by atoms with Crippen molar-refractivity contribution in [2.24, 2.45) is 4.99 Å². The van der Waals surface area contributed by atoms with Crippen LogP contribution in [0.15, 0.2) is 29.3 Å².